The third-order valence-corrected chi connectivity index (χ3v) is 3.53. The fourth-order valence-electron chi connectivity index (χ4n) is 2.28. The van der Waals surface area contributed by atoms with Crippen molar-refractivity contribution in [3.63, 3.8) is 0 Å². The van der Waals surface area contributed by atoms with Crippen LogP contribution in [0, 0.1) is 0 Å². The van der Waals surface area contributed by atoms with Crippen molar-refractivity contribution in [2.45, 2.75) is 45.4 Å². The van der Waals surface area contributed by atoms with Crippen molar-refractivity contribution in [2.24, 2.45) is 0 Å². The maximum Gasteiger partial charge on any atom is 0.251 e. The third kappa shape index (κ3) is 1.99. The normalized spacial score (nSPS) is 31.4. The summed E-state index contributed by atoms with van der Waals surface area (Å²) in [5, 5.41) is 9.92. The first-order valence-electron chi connectivity index (χ1n) is 5.89. The van der Waals surface area contributed by atoms with Gasteiger partial charge in [-0.15, -0.1) is 0 Å². The minimum absolute atomic E-state index is 0.0563. The maximum absolute atomic E-state index is 11.9. The molecular weight excluding hydrogens is 206 g/mol. The van der Waals surface area contributed by atoms with Crippen LogP contribution in [-0.2, 0) is 9.53 Å². The lowest BCUT2D eigenvalue weighted by Crippen LogP contribution is -2.42. The molecule has 0 aliphatic carbocycles. The molecule has 1 amide bonds. The van der Waals surface area contributed by atoms with Crippen molar-refractivity contribution in [1.82, 2.24) is 4.90 Å². The number of ether oxygens (including phenoxy) is 1. The molecule has 0 saturated carbocycles. The summed E-state index contributed by atoms with van der Waals surface area (Å²) in [5.74, 6) is -0.0563. The standard InChI is InChI=1S/C12H19NO3/c1-8-9(2)12(15)13(11(8)14)7-10-5-3-4-6-16-10/h10-11,14H,3-7H2,1-2H3/t10-,11+/m1/s1. The number of rotatable bonds is 2. The molecule has 0 aromatic carbocycles. The Morgan fingerprint density at radius 2 is 2.19 bits per heavy atom. The number of aliphatic hydroxyl groups excluding tert-OH is 1. The fraction of sp³-hybridized carbons (Fsp3) is 0.750. The van der Waals surface area contributed by atoms with E-state index in [9.17, 15) is 9.90 Å². The molecule has 1 saturated heterocycles. The lowest BCUT2D eigenvalue weighted by molar-refractivity contribution is -0.135. The number of aliphatic hydroxyl groups is 1. The highest BCUT2D eigenvalue weighted by atomic mass is 16.5. The molecule has 2 atom stereocenters. The largest absolute Gasteiger partial charge is 0.376 e. The molecule has 0 aromatic rings. The highest BCUT2D eigenvalue weighted by Gasteiger charge is 2.35. The Morgan fingerprint density at radius 3 is 2.69 bits per heavy atom. The van der Waals surface area contributed by atoms with Crippen LogP contribution in [0.15, 0.2) is 11.1 Å². The summed E-state index contributed by atoms with van der Waals surface area (Å²) < 4.78 is 5.58. The first-order chi connectivity index (χ1) is 7.61. The monoisotopic (exact) mass is 225 g/mol. The quantitative estimate of drug-likeness (QED) is 0.764. The van der Waals surface area contributed by atoms with E-state index in [2.05, 4.69) is 0 Å². The number of nitrogens with zero attached hydrogens (tertiary/aromatic N) is 1. The summed E-state index contributed by atoms with van der Waals surface area (Å²) >= 11 is 0. The molecular formula is C12H19NO3. The summed E-state index contributed by atoms with van der Waals surface area (Å²) in [6.07, 6.45) is 2.57. The van der Waals surface area contributed by atoms with Gasteiger partial charge < -0.3 is 14.7 Å². The van der Waals surface area contributed by atoms with Crippen LogP contribution in [0.25, 0.3) is 0 Å². The minimum Gasteiger partial charge on any atom is -0.376 e. The maximum atomic E-state index is 11.9. The van der Waals surface area contributed by atoms with Crippen LogP contribution in [0.5, 0.6) is 0 Å². The van der Waals surface area contributed by atoms with E-state index in [0.29, 0.717) is 12.1 Å². The van der Waals surface area contributed by atoms with Gasteiger partial charge in [-0.25, -0.2) is 0 Å². The van der Waals surface area contributed by atoms with Gasteiger partial charge in [-0.2, -0.15) is 0 Å². The fourth-order valence-corrected chi connectivity index (χ4v) is 2.28. The van der Waals surface area contributed by atoms with Crippen LogP contribution < -0.4 is 0 Å². The van der Waals surface area contributed by atoms with Crippen molar-refractivity contribution in [3.8, 4) is 0 Å². The Balaban J connectivity index is 1.98. The van der Waals surface area contributed by atoms with E-state index in [0.717, 1.165) is 31.4 Å². The van der Waals surface area contributed by atoms with Crippen LogP contribution in [0.1, 0.15) is 33.1 Å². The molecule has 0 spiro atoms. The van der Waals surface area contributed by atoms with Crippen LogP contribution in [-0.4, -0.2) is 41.4 Å². The predicted octanol–water partition coefficient (Wildman–Crippen LogP) is 1.05. The molecule has 1 fully saturated rings. The molecule has 16 heavy (non-hydrogen) atoms. The summed E-state index contributed by atoms with van der Waals surface area (Å²) in [5.41, 5.74) is 1.43. The molecule has 2 rings (SSSR count). The Kier molecular flexibility index (Phi) is 3.30. The van der Waals surface area contributed by atoms with Crippen molar-refractivity contribution in [3.05, 3.63) is 11.1 Å². The SMILES string of the molecule is CC1=C(C)[C@H](O)N(C[C@H]2CCCCO2)C1=O. The summed E-state index contributed by atoms with van der Waals surface area (Å²) in [7, 11) is 0. The summed E-state index contributed by atoms with van der Waals surface area (Å²) in [4.78, 5) is 13.4. The summed E-state index contributed by atoms with van der Waals surface area (Å²) in [6.45, 7) is 4.85. The Hall–Kier alpha value is -0.870. The number of amides is 1. The number of carbonyl (C=O) groups is 1. The zero-order valence-corrected chi connectivity index (χ0v) is 9.90. The second-order valence-electron chi connectivity index (χ2n) is 4.63. The molecule has 0 aromatic heterocycles. The van der Waals surface area contributed by atoms with E-state index in [4.69, 9.17) is 4.74 Å². The highest BCUT2D eigenvalue weighted by Crippen LogP contribution is 2.25. The average Bonchev–Trinajstić information content (AvgIpc) is 2.48. The van der Waals surface area contributed by atoms with Gasteiger partial charge in [-0.05, 0) is 38.7 Å². The Bertz CT molecular complexity index is 318. The van der Waals surface area contributed by atoms with Gasteiger partial charge in [0.15, 0.2) is 6.23 Å². The van der Waals surface area contributed by atoms with Gasteiger partial charge in [0.25, 0.3) is 5.91 Å². The molecule has 4 heteroatoms. The van der Waals surface area contributed by atoms with Crippen molar-refractivity contribution in [2.75, 3.05) is 13.2 Å². The first-order valence-corrected chi connectivity index (χ1v) is 5.89. The number of hydrogen-bond acceptors (Lipinski definition) is 3. The zero-order valence-electron chi connectivity index (χ0n) is 9.90. The highest BCUT2D eigenvalue weighted by molar-refractivity contribution is 5.96. The Morgan fingerprint density at radius 1 is 1.44 bits per heavy atom. The molecule has 2 aliphatic rings. The van der Waals surface area contributed by atoms with Crippen molar-refractivity contribution < 1.29 is 14.6 Å². The van der Waals surface area contributed by atoms with Gasteiger partial charge in [0.05, 0.1) is 12.6 Å². The van der Waals surface area contributed by atoms with Crippen LogP contribution in [0.2, 0.25) is 0 Å². The van der Waals surface area contributed by atoms with Gasteiger partial charge in [0, 0.05) is 12.2 Å². The van der Waals surface area contributed by atoms with E-state index in [1.165, 1.54) is 4.90 Å². The van der Waals surface area contributed by atoms with Crippen LogP contribution in [0.4, 0.5) is 0 Å². The Labute approximate surface area is 95.9 Å². The molecule has 1 N–H and O–H groups in total. The minimum atomic E-state index is -0.752. The van der Waals surface area contributed by atoms with Crippen LogP contribution >= 0.6 is 0 Å². The van der Waals surface area contributed by atoms with E-state index in [-0.39, 0.29) is 12.0 Å². The molecule has 0 unspecified atom stereocenters. The number of carbonyl (C=O) groups excluding carboxylic acids is 1. The van der Waals surface area contributed by atoms with Gasteiger partial charge >= 0.3 is 0 Å². The predicted molar refractivity (Wildman–Crippen MR) is 59.7 cm³/mol. The number of hydrogen-bond donors (Lipinski definition) is 1. The van der Waals surface area contributed by atoms with Gasteiger partial charge in [0.1, 0.15) is 0 Å². The van der Waals surface area contributed by atoms with E-state index in [1.807, 2.05) is 0 Å². The molecule has 2 aliphatic heterocycles. The van der Waals surface area contributed by atoms with E-state index < -0.39 is 6.23 Å². The molecule has 90 valence electrons. The van der Waals surface area contributed by atoms with Crippen LogP contribution in [0.3, 0.4) is 0 Å². The van der Waals surface area contributed by atoms with E-state index in [1.54, 1.807) is 13.8 Å². The lowest BCUT2D eigenvalue weighted by atomic mass is 10.1. The second-order valence-corrected chi connectivity index (χ2v) is 4.63. The topological polar surface area (TPSA) is 49.8 Å². The molecule has 2 heterocycles. The lowest BCUT2D eigenvalue weighted by Gasteiger charge is -2.29. The average molecular weight is 225 g/mol. The van der Waals surface area contributed by atoms with E-state index >= 15 is 0 Å². The smallest absolute Gasteiger partial charge is 0.251 e. The van der Waals surface area contributed by atoms with Gasteiger partial charge in [0.2, 0.25) is 0 Å². The summed E-state index contributed by atoms with van der Waals surface area (Å²) in [6, 6.07) is 0. The molecule has 0 bridgehead atoms. The van der Waals surface area contributed by atoms with Crippen molar-refractivity contribution >= 4 is 5.91 Å². The zero-order chi connectivity index (χ0) is 11.7. The molecule has 0 radical (unpaired) electrons. The van der Waals surface area contributed by atoms with Gasteiger partial charge in [-0.3, -0.25) is 4.79 Å². The molecule has 4 nitrogen and oxygen atoms in total. The first kappa shape index (κ1) is 11.6. The third-order valence-electron chi connectivity index (χ3n) is 3.53. The van der Waals surface area contributed by atoms with Crippen molar-refractivity contribution in [1.29, 1.82) is 0 Å². The van der Waals surface area contributed by atoms with Gasteiger partial charge in [-0.1, -0.05) is 0 Å². The second kappa shape index (κ2) is 4.55.